The minimum absolute atomic E-state index is 0.0427. The Labute approximate surface area is 209 Å². The van der Waals surface area contributed by atoms with Crippen LogP contribution in [0.15, 0.2) is 59.1 Å². The standard InChI is InChI=1S/C27H29N3O6/c1-18-24(19(2)36-29-18)16-34-23-10-8-21(9-11-23)27(33)35-17-25(31)30-14-12-20(13-15-30)26(32)28-22-6-4-3-5-7-22/h3-11,20H,12-17H2,1-2H3,(H,28,32). The molecule has 1 fully saturated rings. The number of likely N-dealkylation sites (tertiary alicyclic amines) is 1. The summed E-state index contributed by atoms with van der Waals surface area (Å²) in [5.74, 6) is 0.232. The van der Waals surface area contributed by atoms with Gasteiger partial charge in [0.25, 0.3) is 5.91 Å². The quantitative estimate of drug-likeness (QED) is 0.476. The summed E-state index contributed by atoms with van der Waals surface area (Å²) in [4.78, 5) is 39.0. The van der Waals surface area contributed by atoms with Crippen molar-refractivity contribution in [2.45, 2.75) is 33.3 Å². The highest BCUT2D eigenvalue weighted by molar-refractivity contribution is 5.93. The molecule has 2 heterocycles. The van der Waals surface area contributed by atoms with E-state index in [1.807, 2.05) is 44.2 Å². The van der Waals surface area contributed by atoms with Crippen LogP contribution in [0.3, 0.4) is 0 Å². The number of rotatable bonds is 8. The highest BCUT2D eigenvalue weighted by Crippen LogP contribution is 2.21. The van der Waals surface area contributed by atoms with Crippen molar-refractivity contribution in [3.8, 4) is 5.75 Å². The number of anilines is 1. The third-order valence-electron chi connectivity index (χ3n) is 6.24. The zero-order valence-corrected chi connectivity index (χ0v) is 20.4. The first-order chi connectivity index (χ1) is 17.4. The lowest BCUT2D eigenvalue weighted by molar-refractivity contribution is -0.137. The van der Waals surface area contributed by atoms with Crippen molar-refractivity contribution < 1.29 is 28.4 Å². The Morgan fingerprint density at radius 2 is 1.72 bits per heavy atom. The van der Waals surface area contributed by atoms with Crippen molar-refractivity contribution in [2.75, 3.05) is 25.0 Å². The van der Waals surface area contributed by atoms with Gasteiger partial charge in [-0.1, -0.05) is 23.4 Å². The molecule has 0 bridgehead atoms. The number of nitrogens with zero attached hydrogens (tertiary/aromatic N) is 2. The van der Waals surface area contributed by atoms with Crippen LogP contribution < -0.4 is 10.1 Å². The number of carbonyl (C=O) groups is 3. The second-order valence-electron chi connectivity index (χ2n) is 8.70. The summed E-state index contributed by atoms with van der Waals surface area (Å²) < 4.78 is 16.1. The van der Waals surface area contributed by atoms with Crippen LogP contribution in [0.25, 0.3) is 0 Å². The van der Waals surface area contributed by atoms with Crippen LogP contribution in [-0.2, 0) is 20.9 Å². The second kappa shape index (κ2) is 11.5. The first-order valence-electron chi connectivity index (χ1n) is 11.9. The Hall–Kier alpha value is -4.14. The number of esters is 1. The summed E-state index contributed by atoms with van der Waals surface area (Å²) in [6, 6.07) is 15.8. The number of nitrogens with one attached hydrogen (secondary N) is 1. The molecule has 1 aliphatic heterocycles. The van der Waals surface area contributed by atoms with Crippen LogP contribution in [0, 0.1) is 19.8 Å². The maximum atomic E-state index is 12.5. The van der Waals surface area contributed by atoms with Crippen LogP contribution in [0.1, 0.15) is 40.2 Å². The number of carbonyl (C=O) groups excluding carboxylic acids is 3. The molecular weight excluding hydrogens is 462 g/mol. The maximum absolute atomic E-state index is 12.5. The van der Waals surface area contributed by atoms with Gasteiger partial charge in [0, 0.05) is 24.7 Å². The molecule has 36 heavy (non-hydrogen) atoms. The Morgan fingerprint density at radius 1 is 1.03 bits per heavy atom. The molecule has 1 N–H and O–H groups in total. The van der Waals surface area contributed by atoms with E-state index in [2.05, 4.69) is 10.5 Å². The highest BCUT2D eigenvalue weighted by atomic mass is 16.5. The van der Waals surface area contributed by atoms with Crippen LogP contribution in [0.2, 0.25) is 0 Å². The minimum atomic E-state index is -0.585. The Balaban J connectivity index is 1.19. The highest BCUT2D eigenvalue weighted by Gasteiger charge is 2.28. The molecule has 3 aromatic rings. The van der Waals surface area contributed by atoms with Gasteiger partial charge in [-0.3, -0.25) is 9.59 Å². The summed E-state index contributed by atoms with van der Waals surface area (Å²) in [5.41, 5.74) is 2.74. The number of benzene rings is 2. The Kier molecular flexibility index (Phi) is 7.99. The predicted octanol–water partition coefficient (Wildman–Crippen LogP) is 3.90. The number of para-hydroxylation sites is 1. The van der Waals surface area contributed by atoms with E-state index in [1.54, 1.807) is 29.2 Å². The van der Waals surface area contributed by atoms with Gasteiger partial charge in [0.2, 0.25) is 5.91 Å². The molecule has 2 amide bonds. The summed E-state index contributed by atoms with van der Waals surface area (Å²) in [5, 5.41) is 6.81. The van der Waals surface area contributed by atoms with E-state index < -0.39 is 5.97 Å². The maximum Gasteiger partial charge on any atom is 0.338 e. The summed E-state index contributed by atoms with van der Waals surface area (Å²) in [6.07, 6.45) is 1.13. The van der Waals surface area contributed by atoms with Crippen molar-refractivity contribution in [1.82, 2.24) is 10.1 Å². The summed E-state index contributed by atoms with van der Waals surface area (Å²) >= 11 is 0. The predicted molar refractivity (Wildman–Crippen MR) is 131 cm³/mol. The molecule has 9 heteroatoms. The van der Waals surface area contributed by atoms with Gasteiger partial charge < -0.3 is 24.2 Å². The van der Waals surface area contributed by atoms with E-state index >= 15 is 0 Å². The summed E-state index contributed by atoms with van der Waals surface area (Å²) in [7, 11) is 0. The molecule has 0 aliphatic carbocycles. The van der Waals surface area contributed by atoms with Gasteiger partial charge in [-0.05, 0) is 63.1 Å². The topological polar surface area (TPSA) is 111 Å². The molecule has 4 rings (SSSR count). The molecule has 0 saturated carbocycles. The van der Waals surface area contributed by atoms with E-state index in [9.17, 15) is 14.4 Å². The van der Waals surface area contributed by atoms with Gasteiger partial charge in [-0.25, -0.2) is 4.79 Å². The number of amides is 2. The first kappa shape index (κ1) is 25.0. The third-order valence-corrected chi connectivity index (χ3v) is 6.24. The van der Waals surface area contributed by atoms with Crippen molar-refractivity contribution in [1.29, 1.82) is 0 Å². The molecule has 0 atom stereocenters. The number of aromatic nitrogens is 1. The average molecular weight is 492 g/mol. The Morgan fingerprint density at radius 3 is 2.36 bits per heavy atom. The number of hydrogen-bond acceptors (Lipinski definition) is 7. The van der Waals surface area contributed by atoms with E-state index in [-0.39, 0.29) is 24.3 Å². The number of ether oxygens (including phenoxy) is 2. The normalized spacial score (nSPS) is 13.8. The van der Waals surface area contributed by atoms with Crippen LogP contribution in [0.4, 0.5) is 5.69 Å². The van der Waals surface area contributed by atoms with E-state index in [4.69, 9.17) is 14.0 Å². The van der Waals surface area contributed by atoms with Gasteiger partial charge in [0.15, 0.2) is 6.61 Å². The fourth-order valence-electron chi connectivity index (χ4n) is 4.01. The molecule has 0 unspecified atom stereocenters. The molecule has 1 aliphatic rings. The van der Waals surface area contributed by atoms with Crippen molar-refractivity contribution in [2.24, 2.45) is 5.92 Å². The molecule has 2 aromatic carbocycles. The van der Waals surface area contributed by atoms with Gasteiger partial charge in [-0.15, -0.1) is 0 Å². The zero-order valence-electron chi connectivity index (χ0n) is 20.4. The molecule has 1 saturated heterocycles. The average Bonchev–Trinajstić information content (AvgIpc) is 3.23. The molecule has 1 aromatic heterocycles. The van der Waals surface area contributed by atoms with E-state index in [0.29, 0.717) is 49.6 Å². The smallest absolute Gasteiger partial charge is 0.338 e. The molecular formula is C27H29N3O6. The van der Waals surface area contributed by atoms with E-state index in [0.717, 1.165) is 16.9 Å². The lowest BCUT2D eigenvalue weighted by Gasteiger charge is -2.31. The van der Waals surface area contributed by atoms with Gasteiger partial charge in [0.1, 0.15) is 18.1 Å². The number of aryl methyl sites for hydroxylation is 2. The fraction of sp³-hybridized carbons (Fsp3) is 0.333. The monoisotopic (exact) mass is 491 g/mol. The molecule has 9 nitrogen and oxygen atoms in total. The number of piperidine rings is 1. The minimum Gasteiger partial charge on any atom is -0.489 e. The van der Waals surface area contributed by atoms with Crippen LogP contribution >= 0.6 is 0 Å². The largest absolute Gasteiger partial charge is 0.489 e. The van der Waals surface area contributed by atoms with E-state index in [1.165, 1.54) is 0 Å². The molecule has 188 valence electrons. The molecule has 0 spiro atoms. The SMILES string of the molecule is Cc1noc(C)c1COc1ccc(C(=O)OCC(=O)N2CCC(C(=O)Nc3ccccc3)CC2)cc1. The van der Waals surface area contributed by atoms with Crippen LogP contribution in [-0.4, -0.2) is 47.5 Å². The van der Waals surface area contributed by atoms with Crippen molar-refractivity contribution >= 4 is 23.5 Å². The Bertz CT molecular complexity index is 1180. The van der Waals surface area contributed by atoms with Gasteiger partial charge in [-0.2, -0.15) is 0 Å². The zero-order chi connectivity index (χ0) is 25.5. The number of hydrogen-bond donors (Lipinski definition) is 1. The van der Waals surface area contributed by atoms with Crippen molar-refractivity contribution in [3.05, 3.63) is 77.2 Å². The lowest BCUT2D eigenvalue weighted by Crippen LogP contribution is -2.43. The van der Waals surface area contributed by atoms with Gasteiger partial charge >= 0.3 is 5.97 Å². The summed E-state index contributed by atoms with van der Waals surface area (Å²) in [6.45, 7) is 4.53. The first-order valence-corrected chi connectivity index (χ1v) is 11.9. The third kappa shape index (κ3) is 6.29. The van der Waals surface area contributed by atoms with Crippen molar-refractivity contribution in [3.63, 3.8) is 0 Å². The lowest BCUT2D eigenvalue weighted by atomic mass is 9.95. The fourth-order valence-corrected chi connectivity index (χ4v) is 4.01. The van der Waals surface area contributed by atoms with Crippen LogP contribution in [0.5, 0.6) is 5.75 Å². The molecule has 0 radical (unpaired) electrons. The van der Waals surface area contributed by atoms with Gasteiger partial charge in [0.05, 0.1) is 16.8 Å². The second-order valence-corrected chi connectivity index (χ2v) is 8.70.